The number of ether oxygens (including phenoxy) is 2. The molecular formula is C61H70N4O5. The summed E-state index contributed by atoms with van der Waals surface area (Å²) in [6, 6.07) is 39.8. The molecule has 0 amide bonds. The lowest BCUT2D eigenvalue weighted by atomic mass is 9.49. The maximum atomic E-state index is 18.0. The molecule has 70 heavy (non-hydrogen) atoms. The zero-order valence-corrected chi connectivity index (χ0v) is 40.7. The van der Waals surface area contributed by atoms with Gasteiger partial charge >= 0.3 is 0 Å². The lowest BCUT2D eigenvalue weighted by Crippen LogP contribution is -2.57. The number of morpholine rings is 2. The van der Waals surface area contributed by atoms with Crippen molar-refractivity contribution in [1.82, 2.24) is 20.4 Å². The summed E-state index contributed by atoms with van der Waals surface area (Å²) in [6.07, 6.45) is 14.1. The molecule has 4 fully saturated rings. The number of allylic oxidation sites excluding steroid dienone is 8. The zero-order valence-electron chi connectivity index (χ0n) is 40.7. The minimum absolute atomic E-state index is 0.0831. The number of Topliss-reactive ketones (excluding diaryl/α,β-unsaturated/α-hetero) is 3. The van der Waals surface area contributed by atoms with Gasteiger partial charge in [0, 0.05) is 48.5 Å². The van der Waals surface area contributed by atoms with Crippen molar-refractivity contribution in [2.45, 2.75) is 38.5 Å². The summed E-state index contributed by atoms with van der Waals surface area (Å²) in [4.78, 5) is 54.0. The molecule has 4 aromatic carbocycles. The van der Waals surface area contributed by atoms with E-state index in [-0.39, 0.29) is 41.0 Å². The topological polar surface area (TPSA) is 100 Å². The van der Waals surface area contributed by atoms with Crippen LogP contribution in [0, 0.1) is 34.5 Å². The lowest BCUT2D eigenvalue weighted by molar-refractivity contribution is -0.142. The molecule has 0 radical (unpaired) electrons. The van der Waals surface area contributed by atoms with Gasteiger partial charge in [0.2, 0.25) is 0 Å². The Bertz CT molecular complexity index is 2380. The van der Waals surface area contributed by atoms with Gasteiger partial charge < -0.3 is 20.1 Å². The fourth-order valence-corrected chi connectivity index (χ4v) is 12.7. The highest BCUT2D eigenvalue weighted by atomic mass is 16.5. The van der Waals surface area contributed by atoms with Crippen molar-refractivity contribution in [1.29, 1.82) is 0 Å². The maximum Gasteiger partial charge on any atom is 0.193 e. The molecule has 364 valence electrons. The highest BCUT2D eigenvalue weighted by molar-refractivity contribution is 6.21. The average Bonchev–Trinajstić information content (AvgIpc) is 3.45. The normalized spacial score (nSPS) is 27.9. The van der Waals surface area contributed by atoms with Gasteiger partial charge in [0.25, 0.3) is 0 Å². The van der Waals surface area contributed by atoms with Crippen molar-refractivity contribution in [3.8, 4) is 0 Å². The number of rotatable bonds is 16. The first kappa shape index (κ1) is 48.2. The minimum atomic E-state index is -1.14. The van der Waals surface area contributed by atoms with Crippen LogP contribution in [0.15, 0.2) is 157 Å². The van der Waals surface area contributed by atoms with Gasteiger partial charge in [0.05, 0.1) is 37.3 Å². The summed E-state index contributed by atoms with van der Waals surface area (Å²) in [6.45, 7) is 10.4. The molecular weight excluding hydrogens is 869 g/mol. The Labute approximate surface area is 415 Å². The van der Waals surface area contributed by atoms with Crippen LogP contribution < -0.4 is 10.6 Å². The lowest BCUT2D eigenvalue weighted by Gasteiger charge is -2.53. The van der Waals surface area contributed by atoms with Crippen LogP contribution in [0.2, 0.25) is 0 Å². The van der Waals surface area contributed by atoms with Crippen LogP contribution in [0.25, 0.3) is 11.1 Å². The van der Waals surface area contributed by atoms with Gasteiger partial charge in [-0.2, -0.15) is 0 Å². The number of benzene rings is 4. The third-order valence-corrected chi connectivity index (χ3v) is 16.4. The molecule has 9 heteroatoms. The number of carbonyl (C=O) groups is 3. The number of piperidine rings is 2. The zero-order chi connectivity index (χ0) is 47.8. The molecule has 0 saturated carbocycles. The fraction of sp³-hybridized carbons (Fsp3) is 0.426. The van der Waals surface area contributed by atoms with E-state index >= 15 is 14.4 Å². The molecule has 0 aromatic heterocycles. The van der Waals surface area contributed by atoms with Crippen LogP contribution in [-0.2, 0) is 14.3 Å². The Morgan fingerprint density at radius 2 is 0.886 bits per heavy atom. The number of ketones is 3. The summed E-state index contributed by atoms with van der Waals surface area (Å²) >= 11 is 0. The van der Waals surface area contributed by atoms with Crippen molar-refractivity contribution in [3.63, 3.8) is 0 Å². The van der Waals surface area contributed by atoms with E-state index in [1.807, 2.05) is 97.1 Å². The number of nitrogens with one attached hydrogen (secondary N) is 2. The largest absolute Gasteiger partial charge is 0.379 e. The molecule has 6 atom stereocenters. The minimum Gasteiger partial charge on any atom is -0.379 e. The molecule has 10 rings (SSSR count). The Kier molecular flexibility index (Phi) is 15.4. The standard InChI is InChI=1S/C61H70N4O5/c66-57(47-19-9-3-10-20-47)53-41-60(25-29-64-31-35-69-36-32-64,55(49-23-13-27-62-43-49)39-51(53)45-15-5-1-6-16-45)59(68)61(26-30-65-33-37-70-38-34-65)42-54(58(67)48-21-11-4-12-22-48)52(46-17-7-2-8-18-46)40-56(61)50-24-14-28-63-44-50/h1-12,15-22,39-42,49-50,55-56,62-63H,13-14,23-38,43-44H2. The molecule has 0 bridgehead atoms. The molecule has 2 aliphatic carbocycles. The van der Waals surface area contributed by atoms with Crippen molar-refractivity contribution in [3.05, 3.63) is 179 Å². The highest BCUT2D eigenvalue weighted by Crippen LogP contribution is 2.58. The van der Waals surface area contributed by atoms with E-state index in [9.17, 15) is 0 Å². The molecule has 4 aliphatic heterocycles. The summed E-state index contributed by atoms with van der Waals surface area (Å²) in [5.41, 5.74) is 3.79. The van der Waals surface area contributed by atoms with Gasteiger partial charge in [-0.05, 0) is 124 Å². The first-order valence-electron chi connectivity index (χ1n) is 26.2. The Balaban J connectivity index is 1.25. The van der Waals surface area contributed by atoms with Gasteiger partial charge in [-0.15, -0.1) is 0 Å². The number of hydrogen-bond donors (Lipinski definition) is 2. The van der Waals surface area contributed by atoms with E-state index in [1.54, 1.807) is 0 Å². The highest BCUT2D eigenvalue weighted by Gasteiger charge is 2.59. The van der Waals surface area contributed by atoms with E-state index in [0.29, 0.717) is 74.6 Å². The monoisotopic (exact) mass is 939 g/mol. The van der Waals surface area contributed by atoms with Crippen LogP contribution in [0.1, 0.15) is 70.4 Å². The van der Waals surface area contributed by atoms with Crippen molar-refractivity contribution in [2.24, 2.45) is 34.5 Å². The van der Waals surface area contributed by atoms with Gasteiger partial charge in [-0.25, -0.2) is 0 Å². The summed E-state index contributed by atoms with van der Waals surface area (Å²) < 4.78 is 11.8. The summed E-state index contributed by atoms with van der Waals surface area (Å²) in [5, 5.41) is 7.53. The van der Waals surface area contributed by atoms with E-state index in [0.717, 1.165) is 100 Å². The van der Waals surface area contributed by atoms with Crippen molar-refractivity contribution in [2.75, 3.05) is 91.9 Å². The maximum absolute atomic E-state index is 18.0. The van der Waals surface area contributed by atoms with E-state index < -0.39 is 10.8 Å². The predicted molar refractivity (Wildman–Crippen MR) is 278 cm³/mol. The van der Waals surface area contributed by atoms with Crippen molar-refractivity contribution >= 4 is 28.5 Å². The Hall–Kier alpha value is -5.39. The Morgan fingerprint density at radius 3 is 1.24 bits per heavy atom. The quantitative estimate of drug-likeness (QED) is 0.107. The first-order chi connectivity index (χ1) is 34.4. The van der Waals surface area contributed by atoms with E-state index in [2.05, 4.69) is 69.0 Å². The second-order valence-electron chi connectivity index (χ2n) is 20.5. The van der Waals surface area contributed by atoms with E-state index in [4.69, 9.17) is 9.47 Å². The molecule has 4 heterocycles. The number of nitrogens with zero attached hydrogens (tertiary/aromatic N) is 2. The van der Waals surface area contributed by atoms with Crippen LogP contribution in [0.4, 0.5) is 0 Å². The second-order valence-corrected chi connectivity index (χ2v) is 20.5. The first-order valence-corrected chi connectivity index (χ1v) is 26.2. The van der Waals surface area contributed by atoms with Crippen LogP contribution in [-0.4, -0.2) is 119 Å². The summed E-state index contributed by atoms with van der Waals surface area (Å²) in [5.74, 6) is -0.294. The van der Waals surface area contributed by atoms with Crippen LogP contribution in [0.5, 0.6) is 0 Å². The predicted octanol–water partition coefficient (Wildman–Crippen LogP) is 9.02. The van der Waals surface area contributed by atoms with Gasteiger partial charge in [-0.3, -0.25) is 24.2 Å². The van der Waals surface area contributed by atoms with Crippen LogP contribution >= 0.6 is 0 Å². The molecule has 4 saturated heterocycles. The smallest absolute Gasteiger partial charge is 0.193 e. The second kappa shape index (κ2) is 22.4. The molecule has 6 unspecified atom stereocenters. The third-order valence-electron chi connectivity index (χ3n) is 16.4. The molecule has 4 aromatic rings. The average molecular weight is 939 g/mol. The van der Waals surface area contributed by atoms with Gasteiger partial charge in [0.15, 0.2) is 17.3 Å². The molecule has 2 N–H and O–H groups in total. The number of carbonyl (C=O) groups excluding carboxylic acids is 3. The SMILES string of the molecule is O=C(C1=CC(CCN2CCOCC2)(C(=O)C2(CCN3CCOCC3)C=C(C(=O)c3ccccc3)C(c3ccccc3)=CC2C2CCCNC2)C(C2CCCNC2)C=C1c1ccccc1)c1ccccc1. The molecule has 6 aliphatic rings. The fourth-order valence-electron chi connectivity index (χ4n) is 12.7. The van der Waals surface area contributed by atoms with Crippen LogP contribution in [0.3, 0.4) is 0 Å². The van der Waals surface area contributed by atoms with Gasteiger partial charge in [-0.1, -0.05) is 146 Å². The number of hydrogen-bond acceptors (Lipinski definition) is 9. The van der Waals surface area contributed by atoms with Gasteiger partial charge in [0.1, 0.15) is 0 Å². The van der Waals surface area contributed by atoms with E-state index in [1.165, 1.54) is 0 Å². The Morgan fingerprint density at radius 1 is 0.514 bits per heavy atom. The third kappa shape index (κ3) is 10.2. The molecule has 0 spiro atoms. The molecule has 9 nitrogen and oxygen atoms in total. The van der Waals surface area contributed by atoms with Crippen molar-refractivity contribution < 1.29 is 23.9 Å². The summed E-state index contributed by atoms with van der Waals surface area (Å²) in [7, 11) is 0.